The van der Waals surface area contributed by atoms with E-state index in [0.717, 1.165) is 28.0 Å². The summed E-state index contributed by atoms with van der Waals surface area (Å²) in [4.78, 5) is 0. The van der Waals surface area contributed by atoms with Crippen LogP contribution in [0.1, 0.15) is 18.1 Å². The second-order valence-electron chi connectivity index (χ2n) is 6.41. The number of allylic oxidation sites excluding steroid dienone is 4. The number of benzene rings is 2. The van der Waals surface area contributed by atoms with Gasteiger partial charge in [0.15, 0.2) is 0 Å². The van der Waals surface area contributed by atoms with Gasteiger partial charge in [0.05, 0.1) is 33.5 Å². The molecule has 0 aliphatic heterocycles. The molecule has 5 nitrogen and oxygen atoms in total. The minimum Gasteiger partial charge on any atom is -0.496 e. The Morgan fingerprint density at radius 1 is 0.900 bits per heavy atom. The fourth-order valence-corrected chi connectivity index (χ4v) is 3.49. The summed E-state index contributed by atoms with van der Waals surface area (Å²) in [5.41, 5.74) is 3.45. The highest BCUT2D eigenvalue weighted by Crippen LogP contribution is 2.42. The maximum atomic E-state index is 5.71. The van der Waals surface area contributed by atoms with Crippen LogP contribution in [0.25, 0.3) is 5.57 Å². The summed E-state index contributed by atoms with van der Waals surface area (Å²) in [5.74, 6) is 3.55. The molecule has 2 aromatic rings. The largest absolute Gasteiger partial charge is 0.496 e. The molecule has 0 spiro atoms. The summed E-state index contributed by atoms with van der Waals surface area (Å²) in [7, 11) is 6.59. The van der Waals surface area contributed by atoms with E-state index in [1.807, 2.05) is 67.6 Å². The Labute approximate surface area is 177 Å². The van der Waals surface area contributed by atoms with Crippen molar-refractivity contribution in [3.8, 4) is 17.2 Å². The highest BCUT2D eigenvalue weighted by atomic mass is 16.5. The predicted molar refractivity (Wildman–Crippen MR) is 118 cm³/mol. The number of hydrogen-bond donors (Lipinski definition) is 0. The van der Waals surface area contributed by atoms with Gasteiger partial charge in [-0.1, -0.05) is 18.2 Å². The van der Waals surface area contributed by atoms with Crippen LogP contribution in [-0.4, -0.2) is 40.8 Å². The molecule has 0 N–H and O–H groups in total. The first-order valence-electron chi connectivity index (χ1n) is 9.71. The fourth-order valence-electron chi connectivity index (χ4n) is 3.49. The molecule has 0 saturated carbocycles. The van der Waals surface area contributed by atoms with Gasteiger partial charge >= 0.3 is 5.78 Å². The van der Waals surface area contributed by atoms with Gasteiger partial charge in [-0.05, 0) is 48.9 Å². The van der Waals surface area contributed by atoms with Crippen molar-refractivity contribution in [1.82, 2.24) is 0 Å². The van der Waals surface area contributed by atoms with Gasteiger partial charge in [-0.3, -0.25) is 4.42 Å². The lowest BCUT2D eigenvalue weighted by Crippen LogP contribution is -2.13. The van der Waals surface area contributed by atoms with Gasteiger partial charge in [0.2, 0.25) is 0 Å². The van der Waals surface area contributed by atoms with Crippen LogP contribution in [0.5, 0.6) is 17.2 Å². The van der Waals surface area contributed by atoms with Crippen LogP contribution in [-0.2, 0) is 9.16 Å². The Morgan fingerprint density at radius 2 is 1.57 bits per heavy atom. The summed E-state index contributed by atoms with van der Waals surface area (Å²) in [6.45, 7) is 2.57. The van der Waals surface area contributed by atoms with E-state index in [-0.39, 0.29) is 0 Å². The van der Waals surface area contributed by atoms with E-state index >= 15 is 0 Å². The Morgan fingerprint density at radius 3 is 2.10 bits per heavy atom. The molecule has 1 aliphatic carbocycles. The van der Waals surface area contributed by atoms with Gasteiger partial charge in [-0.2, -0.15) is 0 Å². The van der Waals surface area contributed by atoms with Crippen LogP contribution in [0.2, 0.25) is 0 Å². The Bertz CT molecular complexity index is 988. The normalized spacial score (nSPS) is 16.2. The molecule has 2 aromatic carbocycles. The number of methoxy groups -OCH3 is 3. The summed E-state index contributed by atoms with van der Waals surface area (Å²) >= 11 is 0. The second kappa shape index (κ2) is 9.83. The highest BCUT2D eigenvalue weighted by Gasteiger charge is 2.31. The van der Waals surface area contributed by atoms with Gasteiger partial charge in [0.1, 0.15) is 28.6 Å². The molecule has 5 heteroatoms. The Balaban J connectivity index is 2.39. The molecule has 0 heterocycles. The third kappa shape index (κ3) is 4.10. The van der Waals surface area contributed by atoms with Crippen molar-refractivity contribution >= 4 is 11.4 Å². The van der Waals surface area contributed by atoms with Crippen LogP contribution in [0, 0.1) is 0 Å². The molecule has 0 atom stereocenters. The number of rotatable bonds is 7. The number of ether oxygens (including phenoxy) is 4. The van der Waals surface area contributed by atoms with E-state index < -0.39 is 0 Å². The van der Waals surface area contributed by atoms with Crippen molar-refractivity contribution in [1.29, 1.82) is 0 Å². The van der Waals surface area contributed by atoms with Gasteiger partial charge in [0.25, 0.3) is 7.11 Å². The molecule has 0 fully saturated rings. The first kappa shape index (κ1) is 21.2. The second-order valence-corrected chi connectivity index (χ2v) is 6.41. The summed E-state index contributed by atoms with van der Waals surface area (Å²) in [6, 6.07) is 13.6. The lowest BCUT2D eigenvalue weighted by molar-refractivity contribution is -0.418. The first-order valence-corrected chi connectivity index (χ1v) is 9.71. The smallest absolute Gasteiger partial charge is 0.354 e. The zero-order valence-corrected chi connectivity index (χ0v) is 18.0. The van der Waals surface area contributed by atoms with E-state index in [1.54, 1.807) is 28.4 Å². The van der Waals surface area contributed by atoms with Crippen LogP contribution >= 0.6 is 0 Å². The molecule has 30 heavy (non-hydrogen) atoms. The monoisotopic (exact) mass is 407 g/mol. The van der Waals surface area contributed by atoms with Gasteiger partial charge in [-0.15, -0.1) is 0 Å². The molecule has 1 aliphatic rings. The molecule has 3 rings (SSSR count). The zero-order chi connectivity index (χ0) is 21.5. The highest BCUT2D eigenvalue weighted by molar-refractivity contribution is 6.16. The Kier molecular flexibility index (Phi) is 6.96. The van der Waals surface area contributed by atoms with E-state index in [4.69, 9.17) is 23.4 Å². The minimum absolute atomic E-state index is 0.608. The molecule has 156 valence electrons. The molecular formula is C25H27O5+. The number of carbonyl (C=O) groups excluding carboxylic acids is 1. The SMILES string of the molecule is CCOc1ccc(/C(=C2\C(OC)=CC=CC2=[O+]C)c2c(OC)cccc2OC)cc1. The lowest BCUT2D eigenvalue weighted by Gasteiger charge is -2.20. The molecule has 0 radical (unpaired) electrons. The molecule has 0 unspecified atom stereocenters. The average molecular weight is 407 g/mol. The maximum Gasteiger partial charge on any atom is 0.354 e. The molecule has 0 amide bonds. The summed E-state index contributed by atoms with van der Waals surface area (Å²) < 4.78 is 28.5. The van der Waals surface area contributed by atoms with Crippen molar-refractivity contribution in [2.45, 2.75) is 6.92 Å². The minimum atomic E-state index is 0.608. The summed E-state index contributed by atoms with van der Waals surface area (Å²) in [5, 5.41) is 0. The van der Waals surface area contributed by atoms with Gasteiger partial charge in [-0.25, -0.2) is 0 Å². The zero-order valence-electron chi connectivity index (χ0n) is 18.0. The quantitative estimate of drug-likeness (QED) is 0.491. The van der Waals surface area contributed by atoms with Crippen LogP contribution < -0.4 is 14.2 Å². The first-order chi connectivity index (χ1) is 14.7. The van der Waals surface area contributed by atoms with E-state index in [2.05, 4.69) is 0 Å². The topological polar surface area (TPSA) is 48.2 Å². The number of ketones is 1. The van der Waals surface area contributed by atoms with Crippen molar-refractivity contribution in [3.63, 3.8) is 0 Å². The van der Waals surface area contributed by atoms with E-state index in [0.29, 0.717) is 29.6 Å². The molecule has 0 saturated heterocycles. The van der Waals surface area contributed by atoms with E-state index in [1.165, 1.54) is 0 Å². The van der Waals surface area contributed by atoms with Crippen LogP contribution in [0.3, 0.4) is 0 Å². The van der Waals surface area contributed by atoms with Gasteiger partial charge < -0.3 is 18.9 Å². The van der Waals surface area contributed by atoms with Gasteiger partial charge in [0, 0.05) is 11.6 Å². The average Bonchev–Trinajstić information content (AvgIpc) is 2.80. The molecular weight excluding hydrogens is 380 g/mol. The molecule has 0 aromatic heterocycles. The van der Waals surface area contributed by atoms with Crippen molar-refractivity contribution in [3.05, 3.63) is 83.2 Å². The third-order valence-electron chi connectivity index (χ3n) is 4.81. The summed E-state index contributed by atoms with van der Waals surface area (Å²) in [6.07, 6.45) is 5.72. The van der Waals surface area contributed by atoms with Crippen molar-refractivity contribution in [2.75, 3.05) is 35.0 Å². The van der Waals surface area contributed by atoms with Crippen LogP contribution in [0.15, 0.2) is 72.0 Å². The fraction of sp³-hybridized carbons (Fsp3) is 0.240. The van der Waals surface area contributed by atoms with Crippen LogP contribution in [0.4, 0.5) is 0 Å². The van der Waals surface area contributed by atoms with Crippen molar-refractivity contribution < 1.29 is 23.4 Å². The predicted octanol–water partition coefficient (Wildman–Crippen LogP) is 4.74. The maximum absolute atomic E-state index is 5.71. The Hall–Kier alpha value is -3.47. The van der Waals surface area contributed by atoms with Crippen molar-refractivity contribution in [2.24, 2.45) is 0 Å². The molecule has 0 bridgehead atoms. The standard InChI is InChI=1S/C25H27O5/c1-6-30-18-15-13-17(14-16-18)23(24-19(26-2)9-7-10-20(24)27-3)25-21(28-4)11-8-12-22(25)29-5/h7-16H,6H2,1-5H3/q+1. The number of hydrogen-bond acceptors (Lipinski definition) is 4. The van der Waals surface area contributed by atoms with E-state index in [9.17, 15) is 0 Å². The lowest BCUT2D eigenvalue weighted by atomic mass is 9.87. The third-order valence-corrected chi connectivity index (χ3v) is 4.81.